The topological polar surface area (TPSA) is 168 Å². The molecule has 3 rings (SSSR count). The zero-order chi connectivity index (χ0) is 31.2. The number of nitrogens with two attached hydrogens (primary N) is 1. The van der Waals surface area contributed by atoms with Crippen molar-refractivity contribution in [2.24, 2.45) is 11.7 Å². The maximum atomic E-state index is 13.2. The van der Waals surface area contributed by atoms with Gasteiger partial charge in [-0.05, 0) is 79.4 Å². The van der Waals surface area contributed by atoms with Gasteiger partial charge < -0.3 is 15.8 Å². The molecule has 3 aromatic carbocycles. The van der Waals surface area contributed by atoms with Crippen LogP contribution in [0.5, 0.6) is 5.75 Å². The second kappa shape index (κ2) is 13.8. The molecule has 0 aliphatic rings. The first-order chi connectivity index (χ1) is 19.7. The van der Waals surface area contributed by atoms with E-state index in [1.165, 1.54) is 54.6 Å². The number of rotatable bonds is 12. The Kier molecular flexibility index (Phi) is 10.7. The van der Waals surface area contributed by atoms with Crippen LogP contribution in [0.15, 0.2) is 59.5 Å². The van der Waals surface area contributed by atoms with Crippen molar-refractivity contribution in [3.05, 3.63) is 86.9 Å². The lowest BCUT2D eigenvalue weighted by Crippen LogP contribution is -2.45. The Morgan fingerprint density at radius 3 is 2.36 bits per heavy atom. The lowest BCUT2D eigenvalue weighted by Gasteiger charge is -2.18. The number of carbonyl (C=O) groups excluding carboxylic acids is 3. The Morgan fingerprint density at radius 2 is 1.74 bits per heavy atom. The van der Waals surface area contributed by atoms with E-state index in [0.29, 0.717) is 11.3 Å². The molecule has 0 radical (unpaired) electrons. The predicted molar refractivity (Wildman–Crippen MR) is 159 cm³/mol. The van der Waals surface area contributed by atoms with Gasteiger partial charge in [-0.15, -0.1) is 0 Å². The SMILES string of the molecule is Cc1cc(S(=O)(=O)N[C@@H](CC(C)C)C(N)=O)ccc1NC(=O)COc1ccc(Cl)cc1C(=O)c1cc(Cl)cc(C#N)c1. The number of sulfonamides is 1. The average Bonchev–Trinajstić information content (AvgIpc) is 2.91. The fraction of sp³-hybridized carbons (Fsp3) is 0.241. The van der Waals surface area contributed by atoms with Crippen LogP contribution in [-0.2, 0) is 19.6 Å². The number of nitrogens with one attached hydrogen (secondary N) is 2. The maximum Gasteiger partial charge on any atom is 0.262 e. The van der Waals surface area contributed by atoms with Gasteiger partial charge >= 0.3 is 0 Å². The monoisotopic (exact) mass is 630 g/mol. The Morgan fingerprint density at radius 1 is 1.02 bits per heavy atom. The lowest BCUT2D eigenvalue weighted by atomic mass is 10.0. The zero-order valence-corrected chi connectivity index (χ0v) is 25.2. The molecule has 0 aliphatic heterocycles. The van der Waals surface area contributed by atoms with E-state index in [0.717, 1.165) is 0 Å². The zero-order valence-electron chi connectivity index (χ0n) is 22.9. The number of benzene rings is 3. The molecular weight excluding hydrogens is 603 g/mol. The van der Waals surface area contributed by atoms with Crippen LogP contribution < -0.4 is 20.5 Å². The third-order valence-electron chi connectivity index (χ3n) is 5.96. The molecule has 0 bridgehead atoms. The minimum Gasteiger partial charge on any atom is -0.483 e. The standard InChI is InChI=1S/C29H28Cl2N4O6S/c1-16(2)8-25(29(33)38)35-42(39,40)22-5-6-24(17(3)9-22)34-27(36)15-41-26-7-4-20(30)13-23(26)28(37)19-10-18(14-32)11-21(31)12-19/h4-7,9-13,16,25,35H,8,15H2,1-3H3,(H2,33,38)(H,34,36)/t25-/m0/s1. The lowest BCUT2D eigenvalue weighted by molar-refractivity contribution is -0.120. The van der Waals surface area contributed by atoms with Crippen LogP contribution in [0.25, 0.3) is 0 Å². The molecule has 220 valence electrons. The number of nitrogens with zero attached hydrogens (tertiary/aromatic N) is 1. The number of primary amides is 1. The summed E-state index contributed by atoms with van der Waals surface area (Å²) in [6.45, 7) is 4.79. The Balaban J connectivity index is 1.73. The number of carbonyl (C=O) groups is 3. The van der Waals surface area contributed by atoms with Crippen LogP contribution in [0.3, 0.4) is 0 Å². The van der Waals surface area contributed by atoms with Crippen molar-refractivity contribution in [3.63, 3.8) is 0 Å². The predicted octanol–water partition coefficient (Wildman–Crippen LogP) is 4.60. The molecule has 0 aliphatic carbocycles. The first kappa shape index (κ1) is 32.6. The van der Waals surface area contributed by atoms with Gasteiger partial charge in [0.25, 0.3) is 5.91 Å². The molecule has 13 heteroatoms. The van der Waals surface area contributed by atoms with Gasteiger partial charge in [0.05, 0.1) is 22.1 Å². The highest BCUT2D eigenvalue weighted by molar-refractivity contribution is 7.89. The molecule has 0 spiro atoms. The largest absolute Gasteiger partial charge is 0.483 e. The molecule has 0 heterocycles. The molecule has 4 N–H and O–H groups in total. The van der Waals surface area contributed by atoms with Crippen LogP contribution in [-0.4, -0.2) is 38.7 Å². The first-order valence-corrected chi connectivity index (χ1v) is 14.8. The molecule has 0 aromatic heterocycles. The van der Waals surface area contributed by atoms with Gasteiger partial charge in [-0.25, -0.2) is 8.42 Å². The van der Waals surface area contributed by atoms with Gasteiger partial charge in [-0.3, -0.25) is 14.4 Å². The number of halogens is 2. The summed E-state index contributed by atoms with van der Waals surface area (Å²) in [5, 5.41) is 12.3. The molecule has 0 unspecified atom stereocenters. The van der Waals surface area contributed by atoms with Gasteiger partial charge in [0.2, 0.25) is 15.9 Å². The highest BCUT2D eigenvalue weighted by Crippen LogP contribution is 2.27. The van der Waals surface area contributed by atoms with Gasteiger partial charge in [0.1, 0.15) is 11.8 Å². The summed E-state index contributed by atoms with van der Waals surface area (Å²) in [7, 11) is -4.07. The molecule has 2 amide bonds. The van der Waals surface area contributed by atoms with Crippen molar-refractivity contribution < 1.29 is 27.5 Å². The molecule has 0 fully saturated rings. The van der Waals surface area contributed by atoms with E-state index in [2.05, 4.69) is 10.0 Å². The third-order valence-corrected chi connectivity index (χ3v) is 7.89. The summed E-state index contributed by atoms with van der Waals surface area (Å²) in [5.41, 5.74) is 6.52. The van der Waals surface area contributed by atoms with Crippen molar-refractivity contribution in [1.29, 1.82) is 5.26 Å². The number of amides is 2. The molecule has 42 heavy (non-hydrogen) atoms. The van der Waals surface area contributed by atoms with Crippen LogP contribution in [0.4, 0.5) is 5.69 Å². The molecule has 0 saturated carbocycles. The normalized spacial score (nSPS) is 11.9. The summed E-state index contributed by atoms with van der Waals surface area (Å²) in [6.07, 6.45) is 0.239. The van der Waals surface area contributed by atoms with Gasteiger partial charge in [0.15, 0.2) is 12.4 Å². The Bertz CT molecular complexity index is 1690. The minimum absolute atomic E-state index is 0.0297. The van der Waals surface area contributed by atoms with Gasteiger partial charge in [-0.2, -0.15) is 9.98 Å². The highest BCUT2D eigenvalue weighted by Gasteiger charge is 2.25. The van der Waals surface area contributed by atoms with E-state index in [9.17, 15) is 28.1 Å². The smallest absolute Gasteiger partial charge is 0.262 e. The fourth-order valence-electron chi connectivity index (χ4n) is 3.97. The molecule has 0 saturated heterocycles. The van der Waals surface area contributed by atoms with E-state index >= 15 is 0 Å². The Labute approximate surface area is 253 Å². The van der Waals surface area contributed by atoms with Crippen molar-refractivity contribution in [2.45, 2.75) is 38.1 Å². The molecular formula is C29H28Cl2N4O6S. The highest BCUT2D eigenvalue weighted by atomic mass is 35.5. The number of ketones is 1. The van der Waals surface area contributed by atoms with Gasteiger partial charge in [0, 0.05) is 21.3 Å². The van der Waals surface area contributed by atoms with Crippen LogP contribution in [0.1, 0.15) is 47.3 Å². The van der Waals surface area contributed by atoms with Crippen molar-refractivity contribution in [2.75, 3.05) is 11.9 Å². The van der Waals surface area contributed by atoms with E-state index < -0.39 is 40.3 Å². The Hall–Kier alpha value is -3.95. The first-order valence-electron chi connectivity index (χ1n) is 12.6. The number of aryl methyl sites for hydroxylation is 1. The van der Waals surface area contributed by atoms with E-state index in [-0.39, 0.29) is 49.7 Å². The van der Waals surface area contributed by atoms with Crippen LogP contribution in [0, 0.1) is 24.2 Å². The summed E-state index contributed by atoms with van der Waals surface area (Å²) in [4.78, 5) is 37.5. The average molecular weight is 632 g/mol. The maximum absolute atomic E-state index is 13.2. The second-order valence-corrected chi connectivity index (χ2v) is 12.4. The van der Waals surface area contributed by atoms with Crippen molar-refractivity contribution in [1.82, 2.24) is 4.72 Å². The summed E-state index contributed by atoms with van der Waals surface area (Å²) in [6, 6.07) is 13.4. The molecule has 1 atom stereocenters. The minimum atomic E-state index is -4.07. The third kappa shape index (κ3) is 8.53. The fourth-order valence-corrected chi connectivity index (χ4v) is 5.68. The second-order valence-electron chi connectivity index (χ2n) is 9.83. The van der Waals surface area contributed by atoms with Crippen LogP contribution >= 0.6 is 23.2 Å². The van der Waals surface area contributed by atoms with E-state index in [1.54, 1.807) is 6.92 Å². The number of nitriles is 1. The van der Waals surface area contributed by atoms with Crippen molar-refractivity contribution in [3.8, 4) is 11.8 Å². The molecule has 3 aromatic rings. The van der Waals surface area contributed by atoms with Gasteiger partial charge in [-0.1, -0.05) is 37.0 Å². The number of ether oxygens (including phenoxy) is 1. The number of anilines is 1. The molecule has 10 nitrogen and oxygen atoms in total. The summed E-state index contributed by atoms with van der Waals surface area (Å²) >= 11 is 12.1. The number of hydrogen-bond acceptors (Lipinski definition) is 7. The number of hydrogen-bond donors (Lipinski definition) is 3. The van der Waals surface area contributed by atoms with Crippen molar-refractivity contribution >= 4 is 56.5 Å². The van der Waals surface area contributed by atoms with E-state index in [4.69, 9.17) is 33.7 Å². The van der Waals surface area contributed by atoms with Crippen LogP contribution in [0.2, 0.25) is 10.0 Å². The van der Waals surface area contributed by atoms with E-state index in [1.807, 2.05) is 19.9 Å². The summed E-state index contributed by atoms with van der Waals surface area (Å²) < 4.78 is 33.7. The summed E-state index contributed by atoms with van der Waals surface area (Å²) in [5.74, 6) is -1.77. The quantitative estimate of drug-likeness (QED) is 0.246.